The molecule has 0 aromatic heterocycles. The molecule has 4 aliphatic carbocycles. The zero-order valence-electron chi connectivity index (χ0n) is 15.2. The van der Waals surface area contributed by atoms with Crippen LogP contribution in [0.1, 0.15) is 22.3 Å². The number of hydrogen-bond acceptors (Lipinski definition) is 4. The van der Waals surface area contributed by atoms with E-state index >= 15 is 0 Å². The average Bonchev–Trinajstić information content (AvgIpc) is 3.26. The lowest BCUT2D eigenvalue weighted by Gasteiger charge is -2.39. The first-order valence-corrected chi connectivity index (χ1v) is 9.35. The van der Waals surface area contributed by atoms with Gasteiger partial charge in [-0.3, -0.25) is 0 Å². The van der Waals surface area contributed by atoms with Crippen molar-refractivity contribution in [3.63, 3.8) is 0 Å². The van der Waals surface area contributed by atoms with Crippen LogP contribution in [-0.2, 0) is 0 Å². The molecule has 4 aliphatic rings. The van der Waals surface area contributed by atoms with Crippen molar-refractivity contribution in [2.45, 2.75) is 0 Å². The van der Waals surface area contributed by atoms with Crippen molar-refractivity contribution in [3.8, 4) is 11.5 Å². The Bertz CT molecular complexity index is 1330. The molecule has 6 rings (SSSR count). The molecular weight excluding hydrogens is 364 g/mol. The number of hydrogen-bond donors (Lipinski definition) is 4. The number of aliphatic hydroxyl groups excluding tert-OH is 2. The highest BCUT2D eigenvalue weighted by Gasteiger charge is 2.50. The molecule has 29 heavy (non-hydrogen) atoms. The smallest absolute Gasteiger partial charge is 0.158 e. The summed E-state index contributed by atoms with van der Waals surface area (Å²) in [6.45, 7) is 0. The normalized spacial score (nSPS) is 23.0. The predicted octanol–water partition coefficient (Wildman–Crippen LogP) is 5.26. The van der Waals surface area contributed by atoms with Gasteiger partial charge in [-0.1, -0.05) is 42.5 Å². The standard InChI is InChI=1S/C25H16O4/c26-21-10-14-9-20-18(17(14)11-22(21)27)12-23(28)24(29)25(20)7-3-6-16-15-5-2-1-4-13(15)8-19(16)25/h1-12,26-29H. The summed E-state index contributed by atoms with van der Waals surface area (Å²) < 4.78 is 0. The van der Waals surface area contributed by atoms with Crippen LogP contribution < -0.4 is 0 Å². The summed E-state index contributed by atoms with van der Waals surface area (Å²) in [7, 11) is 0. The maximum Gasteiger partial charge on any atom is 0.158 e. The van der Waals surface area contributed by atoms with Crippen molar-refractivity contribution < 1.29 is 20.4 Å². The first-order valence-electron chi connectivity index (χ1n) is 9.35. The van der Waals surface area contributed by atoms with E-state index in [1.54, 1.807) is 0 Å². The molecule has 4 N–H and O–H groups in total. The number of aromatic hydroxyl groups is 2. The van der Waals surface area contributed by atoms with E-state index in [2.05, 4.69) is 6.08 Å². The van der Waals surface area contributed by atoms with Gasteiger partial charge in [-0.2, -0.15) is 0 Å². The van der Waals surface area contributed by atoms with Crippen LogP contribution >= 0.6 is 0 Å². The van der Waals surface area contributed by atoms with E-state index in [1.165, 1.54) is 18.2 Å². The summed E-state index contributed by atoms with van der Waals surface area (Å²) in [5.74, 6) is -0.767. The number of phenols is 2. The second-order valence-corrected chi connectivity index (χ2v) is 7.67. The van der Waals surface area contributed by atoms with Crippen molar-refractivity contribution in [2.24, 2.45) is 5.41 Å². The summed E-state index contributed by atoms with van der Waals surface area (Å²) in [5.41, 5.74) is 5.95. The fourth-order valence-corrected chi connectivity index (χ4v) is 4.91. The largest absolute Gasteiger partial charge is 0.507 e. The summed E-state index contributed by atoms with van der Waals surface area (Å²) in [4.78, 5) is 0. The van der Waals surface area contributed by atoms with Crippen LogP contribution in [0, 0.1) is 5.41 Å². The molecule has 140 valence electrons. The van der Waals surface area contributed by atoms with Gasteiger partial charge in [0.05, 0.1) is 0 Å². The highest BCUT2D eigenvalue weighted by Crippen LogP contribution is 2.62. The van der Waals surface area contributed by atoms with Crippen molar-refractivity contribution in [1.82, 2.24) is 0 Å². The average molecular weight is 380 g/mol. The lowest BCUT2D eigenvalue weighted by molar-refractivity contribution is 0.281. The molecule has 0 heterocycles. The number of phenolic OH excluding ortho intramolecular Hbond substituents is 2. The van der Waals surface area contributed by atoms with Crippen LogP contribution in [0.25, 0.3) is 23.3 Å². The van der Waals surface area contributed by atoms with Gasteiger partial charge in [0.15, 0.2) is 23.0 Å². The third-order valence-corrected chi connectivity index (χ3v) is 6.22. The zero-order valence-corrected chi connectivity index (χ0v) is 15.2. The first kappa shape index (κ1) is 16.1. The molecule has 0 amide bonds. The molecule has 2 aromatic rings. The van der Waals surface area contributed by atoms with Gasteiger partial charge in [0.1, 0.15) is 5.41 Å². The topological polar surface area (TPSA) is 80.9 Å². The van der Waals surface area contributed by atoms with Crippen LogP contribution in [0.15, 0.2) is 83.4 Å². The third-order valence-electron chi connectivity index (χ3n) is 6.22. The second kappa shape index (κ2) is 5.11. The molecule has 4 nitrogen and oxygen atoms in total. The Morgan fingerprint density at radius 1 is 0.690 bits per heavy atom. The minimum absolute atomic E-state index is 0.130. The molecule has 0 bridgehead atoms. The van der Waals surface area contributed by atoms with Gasteiger partial charge < -0.3 is 20.4 Å². The van der Waals surface area contributed by atoms with Gasteiger partial charge in [0.2, 0.25) is 0 Å². The maximum atomic E-state index is 11.1. The monoisotopic (exact) mass is 380 g/mol. The molecule has 0 radical (unpaired) electrons. The molecule has 1 spiro atoms. The molecule has 4 heteroatoms. The van der Waals surface area contributed by atoms with E-state index in [0.717, 1.165) is 33.4 Å². The van der Waals surface area contributed by atoms with Gasteiger partial charge in [-0.15, -0.1) is 0 Å². The van der Waals surface area contributed by atoms with Crippen molar-refractivity contribution in [2.75, 3.05) is 0 Å². The first-order chi connectivity index (χ1) is 14.0. The molecule has 0 aliphatic heterocycles. The Kier molecular flexibility index (Phi) is 2.83. The molecule has 1 unspecified atom stereocenters. The van der Waals surface area contributed by atoms with Gasteiger partial charge in [0.25, 0.3) is 0 Å². The molecule has 0 saturated heterocycles. The van der Waals surface area contributed by atoms with Gasteiger partial charge in [-0.05, 0) is 74.9 Å². The number of fused-ring (bicyclic) bond motifs is 8. The van der Waals surface area contributed by atoms with Crippen LogP contribution in [0.5, 0.6) is 11.5 Å². The fraction of sp³-hybridized carbons (Fsp3) is 0.0400. The predicted molar refractivity (Wildman–Crippen MR) is 112 cm³/mol. The summed E-state index contributed by atoms with van der Waals surface area (Å²) in [5, 5.41) is 41.8. The molecule has 0 saturated carbocycles. The summed E-state index contributed by atoms with van der Waals surface area (Å²) >= 11 is 0. The summed E-state index contributed by atoms with van der Waals surface area (Å²) in [6.07, 6.45) is 11.3. The highest BCUT2D eigenvalue weighted by molar-refractivity contribution is 6.06. The lowest BCUT2D eigenvalue weighted by Crippen LogP contribution is -2.30. The van der Waals surface area contributed by atoms with E-state index in [9.17, 15) is 20.4 Å². The van der Waals surface area contributed by atoms with Crippen molar-refractivity contribution in [1.29, 1.82) is 0 Å². The number of aliphatic hydroxyl groups is 2. The lowest BCUT2D eigenvalue weighted by atomic mass is 9.64. The number of rotatable bonds is 0. The van der Waals surface area contributed by atoms with Crippen molar-refractivity contribution in [3.05, 3.63) is 106 Å². The van der Waals surface area contributed by atoms with Crippen molar-refractivity contribution >= 4 is 23.3 Å². The quantitative estimate of drug-likeness (QED) is 0.470. The Hall–Kier alpha value is -3.92. The number of benzene rings is 2. The summed E-state index contributed by atoms with van der Waals surface area (Å²) in [6, 6.07) is 11.0. The Balaban J connectivity index is 1.64. The van der Waals surface area contributed by atoms with Gasteiger partial charge in [-0.25, -0.2) is 0 Å². The van der Waals surface area contributed by atoms with E-state index in [0.29, 0.717) is 11.1 Å². The zero-order chi connectivity index (χ0) is 19.9. The minimum Gasteiger partial charge on any atom is -0.507 e. The molecule has 0 fully saturated rings. The minimum atomic E-state index is -1.04. The van der Waals surface area contributed by atoms with Gasteiger partial charge >= 0.3 is 0 Å². The van der Waals surface area contributed by atoms with E-state index in [4.69, 9.17) is 0 Å². The second-order valence-electron chi connectivity index (χ2n) is 7.67. The van der Waals surface area contributed by atoms with E-state index in [1.807, 2.05) is 48.6 Å². The Labute approximate surface area is 166 Å². The maximum absolute atomic E-state index is 11.1. The molecule has 2 aromatic carbocycles. The van der Waals surface area contributed by atoms with Crippen LogP contribution in [0.4, 0.5) is 0 Å². The van der Waals surface area contributed by atoms with Crippen LogP contribution in [-0.4, -0.2) is 20.4 Å². The molecular formula is C25H16O4. The SMILES string of the molecule is OC1=C(O)C2(C=CC=C3C2=Cc2ccccc23)C2=Cc3cc(O)c(O)cc3C2=C1. The fourth-order valence-electron chi connectivity index (χ4n) is 4.91. The Morgan fingerprint density at radius 2 is 1.41 bits per heavy atom. The molecule has 1 atom stereocenters. The number of allylic oxidation sites excluding steroid dienone is 6. The van der Waals surface area contributed by atoms with E-state index < -0.39 is 5.41 Å². The third kappa shape index (κ3) is 1.83. The van der Waals surface area contributed by atoms with Crippen LogP contribution in [0.2, 0.25) is 0 Å². The highest BCUT2D eigenvalue weighted by atomic mass is 16.3. The van der Waals surface area contributed by atoms with Gasteiger partial charge in [0, 0.05) is 0 Å². The van der Waals surface area contributed by atoms with Crippen LogP contribution in [0.3, 0.4) is 0 Å². The van der Waals surface area contributed by atoms with E-state index in [-0.39, 0.29) is 23.0 Å². The Morgan fingerprint density at radius 3 is 2.28 bits per heavy atom.